The molecule has 1 aromatic rings. The van der Waals surface area contributed by atoms with Gasteiger partial charge < -0.3 is 9.84 Å². The number of nitro groups is 1. The molecule has 0 saturated heterocycles. The van der Waals surface area contributed by atoms with Crippen LogP contribution in [0.4, 0.5) is 5.69 Å². The summed E-state index contributed by atoms with van der Waals surface area (Å²) in [6.45, 7) is 1.14. The average molecular weight is 253 g/mol. The van der Waals surface area contributed by atoms with Crippen molar-refractivity contribution in [3.63, 3.8) is 0 Å². The van der Waals surface area contributed by atoms with E-state index in [0.717, 1.165) is 6.92 Å². The normalized spacial score (nSPS) is 9.83. The second kappa shape index (κ2) is 5.76. The van der Waals surface area contributed by atoms with Crippen LogP contribution in [-0.2, 0) is 16.0 Å². The standard InChI is InChI=1S/C11H11NO6/c1-7(13)18-10-4-2-8(3-5-11(14)15)6-9(10)12(16)17/h2,4,6H,3,5H2,1H3,(H,14,15). The van der Waals surface area contributed by atoms with Crippen molar-refractivity contribution in [1.29, 1.82) is 0 Å². The maximum Gasteiger partial charge on any atom is 0.311 e. The lowest BCUT2D eigenvalue weighted by atomic mass is 10.1. The van der Waals surface area contributed by atoms with Crippen LogP contribution in [0.2, 0.25) is 0 Å². The van der Waals surface area contributed by atoms with Crippen molar-refractivity contribution in [3.05, 3.63) is 33.9 Å². The Morgan fingerprint density at radius 1 is 1.44 bits per heavy atom. The van der Waals surface area contributed by atoms with Gasteiger partial charge in [-0.25, -0.2) is 0 Å². The fraction of sp³-hybridized carbons (Fsp3) is 0.273. The molecule has 1 aromatic carbocycles. The second-order valence-electron chi connectivity index (χ2n) is 3.55. The molecule has 0 aliphatic carbocycles. The summed E-state index contributed by atoms with van der Waals surface area (Å²) in [5.74, 6) is -1.79. The average Bonchev–Trinajstić information content (AvgIpc) is 2.26. The first-order valence-electron chi connectivity index (χ1n) is 5.07. The number of carbonyl (C=O) groups excluding carboxylic acids is 1. The fourth-order valence-electron chi connectivity index (χ4n) is 1.35. The molecule has 0 aliphatic rings. The molecule has 0 bridgehead atoms. The van der Waals surface area contributed by atoms with Crippen molar-refractivity contribution >= 4 is 17.6 Å². The molecule has 0 aliphatic heterocycles. The maximum atomic E-state index is 10.8. The van der Waals surface area contributed by atoms with Crippen molar-refractivity contribution in [2.24, 2.45) is 0 Å². The topological polar surface area (TPSA) is 107 Å². The van der Waals surface area contributed by atoms with Crippen molar-refractivity contribution in [3.8, 4) is 5.75 Å². The summed E-state index contributed by atoms with van der Waals surface area (Å²) < 4.78 is 4.69. The summed E-state index contributed by atoms with van der Waals surface area (Å²) in [6.07, 6.45) is 0.0561. The molecule has 0 heterocycles. The summed E-state index contributed by atoms with van der Waals surface area (Å²) in [6, 6.07) is 3.99. The maximum absolute atomic E-state index is 10.8. The van der Waals surface area contributed by atoms with Crippen LogP contribution >= 0.6 is 0 Å². The van der Waals surface area contributed by atoms with Gasteiger partial charge in [-0.2, -0.15) is 0 Å². The Balaban J connectivity index is 2.99. The minimum absolute atomic E-state index is 0.121. The number of ether oxygens (including phenoxy) is 1. The Morgan fingerprint density at radius 2 is 2.11 bits per heavy atom. The van der Waals surface area contributed by atoms with Crippen LogP contribution in [0.25, 0.3) is 0 Å². The number of aryl methyl sites for hydroxylation is 1. The molecule has 7 nitrogen and oxygen atoms in total. The lowest BCUT2D eigenvalue weighted by Crippen LogP contribution is -2.05. The van der Waals surface area contributed by atoms with Crippen LogP contribution in [0.1, 0.15) is 18.9 Å². The molecule has 7 heteroatoms. The number of hydrogen-bond acceptors (Lipinski definition) is 5. The molecule has 0 unspecified atom stereocenters. The highest BCUT2D eigenvalue weighted by atomic mass is 16.6. The minimum Gasteiger partial charge on any atom is -0.481 e. The van der Waals surface area contributed by atoms with E-state index in [1.165, 1.54) is 18.2 Å². The molecule has 0 saturated carbocycles. The van der Waals surface area contributed by atoms with E-state index in [0.29, 0.717) is 5.56 Å². The van der Waals surface area contributed by atoms with Crippen molar-refractivity contribution in [2.75, 3.05) is 0 Å². The lowest BCUT2D eigenvalue weighted by molar-refractivity contribution is -0.385. The van der Waals surface area contributed by atoms with E-state index in [1.807, 2.05) is 0 Å². The second-order valence-corrected chi connectivity index (χ2v) is 3.55. The third-order valence-electron chi connectivity index (χ3n) is 2.10. The van der Waals surface area contributed by atoms with Gasteiger partial charge in [0.1, 0.15) is 0 Å². The monoisotopic (exact) mass is 253 g/mol. The predicted molar refractivity (Wildman–Crippen MR) is 60.4 cm³/mol. The Bertz CT molecular complexity index is 496. The zero-order chi connectivity index (χ0) is 13.7. The van der Waals surface area contributed by atoms with E-state index in [2.05, 4.69) is 0 Å². The van der Waals surface area contributed by atoms with Gasteiger partial charge in [0.05, 0.1) is 4.92 Å². The molecule has 0 fully saturated rings. The lowest BCUT2D eigenvalue weighted by Gasteiger charge is -2.04. The third-order valence-corrected chi connectivity index (χ3v) is 2.10. The number of carboxylic acid groups (broad SMARTS) is 1. The minimum atomic E-state index is -0.985. The van der Waals surface area contributed by atoms with Gasteiger partial charge in [0.2, 0.25) is 5.75 Å². The van der Waals surface area contributed by atoms with Crippen molar-refractivity contribution in [1.82, 2.24) is 0 Å². The number of nitro benzene ring substituents is 1. The fourth-order valence-corrected chi connectivity index (χ4v) is 1.35. The molecule has 0 radical (unpaired) electrons. The molecular weight excluding hydrogens is 242 g/mol. The number of carbonyl (C=O) groups is 2. The van der Waals surface area contributed by atoms with E-state index < -0.39 is 16.9 Å². The number of esters is 1. The number of carboxylic acids is 1. The van der Waals surface area contributed by atoms with Gasteiger partial charge in [0.15, 0.2) is 0 Å². The molecule has 0 aromatic heterocycles. The molecule has 18 heavy (non-hydrogen) atoms. The first kappa shape index (κ1) is 13.6. The Hall–Kier alpha value is -2.44. The molecule has 96 valence electrons. The van der Waals surface area contributed by atoms with E-state index in [4.69, 9.17) is 9.84 Å². The Labute approximate surface area is 102 Å². The molecule has 0 amide bonds. The van der Waals surface area contributed by atoms with E-state index in [1.54, 1.807) is 0 Å². The van der Waals surface area contributed by atoms with Gasteiger partial charge in [-0.15, -0.1) is 0 Å². The van der Waals surface area contributed by atoms with Gasteiger partial charge in [0.25, 0.3) is 0 Å². The number of nitrogens with zero attached hydrogens (tertiary/aromatic N) is 1. The SMILES string of the molecule is CC(=O)Oc1ccc(CCC(=O)O)cc1[N+](=O)[O-]. The van der Waals surface area contributed by atoms with Crippen LogP contribution in [0.15, 0.2) is 18.2 Å². The number of aliphatic carboxylic acids is 1. The molecule has 0 atom stereocenters. The molecule has 1 N–H and O–H groups in total. The van der Waals surface area contributed by atoms with Gasteiger partial charge in [-0.3, -0.25) is 19.7 Å². The number of hydrogen-bond donors (Lipinski definition) is 1. The van der Waals surface area contributed by atoms with Crippen LogP contribution in [0, 0.1) is 10.1 Å². The summed E-state index contributed by atoms with van der Waals surface area (Å²) in [4.78, 5) is 31.3. The van der Waals surface area contributed by atoms with Gasteiger partial charge in [-0.05, 0) is 18.1 Å². The van der Waals surface area contributed by atoms with Crippen molar-refractivity contribution < 1.29 is 24.4 Å². The van der Waals surface area contributed by atoms with Gasteiger partial charge in [-0.1, -0.05) is 6.07 Å². The van der Waals surface area contributed by atoms with E-state index in [9.17, 15) is 19.7 Å². The Morgan fingerprint density at radius 3 is 2.61 bits per heavy atom. The van der Waals surface area contributed by atoms with Crippen LogP contribution in [0.3, 0.4) is 0 Å². The third kappa shape index (κ3) is 3.85. The zero-order valence-corrected chi connectivity index (χ0v) is 9.58. The van der Waals surface area contributed by atoms with E-state index >= 15 is 0 Å². The predicted octanol–water partition coefficient (Wildman–Crippen LogP) is 1.54. The summed E-state index contributed by atoms with van der Waals surface area (Å²) >= 11 is 0. The molecular formula is C11H11NO6. The number of rotatable bonds is 5. The van der Waals surface area contributed by atoms with Gasteiger partial charge in [0, 0.05) is 19.4 Å². The summed E-state index contributed by atoms with van der Waals surface area (Å²) in [7, 11) is 0. The van der Waals surface area contributed by atoms with Crippen molar-refractivity contribution in [2.45, 2.75) is 19.8 Å². The smallest absolute Gasteiger partial charge is 0.311 e. The van der Waals surface area contributed by atoms with Crippen LogP contribution < -0.4 is 4.74 Å². The molecule has 0 spiro atoms. The van der Waals surface area contributed by atoms with Crippen LogP contribution in [0.5, 0.6) is 5.75 Å². The number of benzene rings is 1. The van der Waals surface area contributed by atoms with Gasteiger partial charge >= 0.3 is 17.6 Å². The van der Waals surface area contributed by atoms with E-state index in [-0.39, 0.29) is 24.3 Å². The highest BCUT2D eigenvalue weighted by Gasteiger charge is 2.17. The first-order chi connectivity index (χ1) is 8.40. The Kier molecular flexibility index (Phi) is 4.36. The first-order valence-corrected chi connectivity index (χ1v) is 5.07. The molecule has 1 rings (SSSR count). The summed E-state index contributed by atoms with van der Waals surface area (Å²) in [5.41, 5.74) is 0.146. The largest absolute Gasteiger partial charge is 0.481 e. The summed E-state index contributed by atoms with van der Waals surface area (Å²) in [5, 5.41) is 19.3. The highest BCUT2D eigenvalue weighted by Crippen LogP contribution is 2.28. The highest BCUT2D eigenvalue weighted by molar-refractivity contribution is 5.71. The van der Waals surface area contributed by atoms with Crippen LogP contribution in [-0.4, -0.2) is 22.0 Å². The quantitative estimate of drug-likeness (QED) is 0.369. The zero-order valence-electron chi connectivity index (χ0n) is 9.58.